The van der Waals surface area contributed by atoms with Crippen LogP contribution in [0.1, 0.15) is 57.5 Å². The Kier molecular flexibility index (Phi) is 12.0. The lowest BCUT2D eigenvalue weighted by molar-refractivity contribution is -0.142. The van der Waals surface area contributed by atoms with Crippen molar-refractivity contribution in [2.24, 2.45) is 0 Å². The van der Waals surface area contributed by atoms with Crippen molar-refractivity contribution in [2.45, 2.75) is 65.6 Å². The lowest BCUT2D eigenvalue weighted by Crippen LogP contribution is -2.30. The maximum Gasteiger partial charge on any atom is 0.477 e. The second-order valence-electron chi connectivity index (χ2n) is 11.7. The molecule has 0 radical (unpaired) electrons. The van der Waals surface area contributed by atoms with Crippen molar-refractivity contribution in [3.05, 3.63) is 103 Å². The first kappa shape index (κ1) is 38.4. The second-order valence-corrected chi connectivity index (χ2v) is 13.7. The molecule has 2 aromatic heterocycles. The Bertz CT molecular complexity index is 2060. The number of rotatable bonds is 13. The quantitative estimate of drug-likeness (QED) is 0.0759. The SMILES string of the molecule is CCCCOP(=O)(OCn1nc(Cn2cnc(C(F)(F)F)c(Oc3cc(Cl)cc(C#N)c3)c2=O)cc(-c2ccc(F)cc2)c1=O)OC(C)(C)C. The van der Waals surface area contributed by atoms with Crippen LogP contribution in [0.3, 0.4) is 0 Å². The summed E-state index contributed by atoms with van der Waals surface area (Å²) in [6.07, 6.45) is -3.26. The van der Waals surface area contributed by atoms with Gasteiger partial charge in [-0.05, 0) is 69.2 Å². The summed E-state index contributed by atoms with van der Waals surface area (Å²) in [7, 11) is -4.28. The van der Waals surface area contributed by atoms with Crippen molar-refractivity contribution in [1.29, 1.82) is 5.26 Å². The fraction of sp³-hybridized carbons (Fsp3) is 0.344. The molecule has 1 atom stereocenters. The minimum Gasteiger partial charge on any atom is -0.449 e. The predicted octanol–water partition coefficient (Wildman–Crippen LogP) is 7.70. The van der Waals surface area contributed by atoms with Gasteiger partial charge in [0.1, 0.15) is 11.6 Å². The van der Waals surface area contributed by atoms with Gasteiger partial charge in [-0.15, -0.1) is 0 Å². The highest BCUT2D eigenvalue weighted by Crippen LogP contribution is 2.53. The molecule has 0 aliphatic heterocycles. The van der Waals surface area contributed by atoms with Crippen LogP contribution in [0.4, 0.5) is 17.6 Å². The van der Waals surface area contributed by atoms with Gasteiger partial charge < -0.3 is 4.74 Å². The summed E-state index contributed by atoms with van der Waals surface area (Å²) in [6.45, 7) is 5.43. The third kappa shape index (κ3) is 10.1. The highest BCUT2D eigenvalue weighted by molar-refractivity contribution is 7.48. The Labute approximate surface area is 288 Å². The molecule has 0 bridgehead atoms. The molecule has 0 saturated carbocycles. The van der Waals surface area contributed by atoms with Gasteiger partial charge in [-0.3, -0.25) is 27.7 Å². The zero-order valence-electron chi connectivity index (χ0n) is 27.2. The van der Waals surface area contributed by atoms with E-state index in [0.29, 0.717) is 19.2 Å². The molecule has 0 spiro atoms. The molecule has 266 valence electrons. The van der Waals surface area contributed by atoms with E-state index < -0.39 is 61.3 Å². The Morgan fingerprint density at radius 3 is 2.34 bits per heavy atom. The topological polar surface area (TPSA) is 148 Å². The van der Waals surface area contributed by atoms with Gasteiger partial charge in [0.2, 0.25) is 5.75 Å². The minimum atomic E-state index is -5.12. The molecule has 0 saturated heterocycles. The van der Waals surface area contributed by atoms with Gasteiger partial charge in [-0.2, -0.15) is 23.5 Å². The van der Waals surface area contributed by atoms with Crippen LogP contribution in [0.25, 0.3) is 11.1 Å². The first-order valence-electron chi connectivity index (χ1n) is 14.9. The van der Waals surface area contributed by atoms with Gasteiger partial charge in [0, 0.05) is 5.02 Å². The highest BCUT2D eigenvalue weighted by atomic mass is 35.5. The first-order chi connectivity index (χ1) is 23.4. The van der Waals surface area contributed by atoms with Crippen LogP contribution in [-0.2, 0) is 37.6 Å². The number of hydrogen-bond donors (Lipinski definition) is 0. The molecule has 0 amide bonds. The molecule has 12 nitrogen and oxygen atoms in total. The van der Waals surface area contributed by atoms with Crippen LogP contribution < -0.4 is 15.9 Å². The number of ether oxygens (including phenoxy) is 1. The molecule has 4 rings (SSSR count). The zero-order valence-corrected chi connectivity index (χ0v) is 28.8. The van der Waals surface area contributed by atoms with E-state index in [-0.39, 0.29) is 39.8 Å². The van der Waals surface area contributed by atoms with Crippen LogP contribution in [-0.4, -0.2) is 31.5 Å². The van der Waals surface area contributed by atoms with Crippen LogP contribution in [0.5, 0.6) is 11.5 Å². The Hall–Kier alpha value is -4.39. The Balaban J connectivity index is 1.80. The lowest BCUT2D eigenvalue weighted by atomic mass is 10.1. The highest BCUT2D eigenvalue weighted by Gasteiger charge is 2.39. The smallest absolute Gasteiger partial charge is 0.449 e. The van der Waals surface area contributed by atoms with Crippen LogP contribution in [0.2, 0.25) is 5.02 Å². The van der Waals surface area contributed by atoms with E-state index in [1.54, 1.807) is 26.8 Å². The number of halogens is 5. The molecular formula is C32H31ClF4N5O7P. The summed E-state index contributed by atoms with van der Waals surface area (Å²) in [4.78, 5) is 30.5. The maximum atomic E-state index is 14.0. The third-order valence-corrected chi connectivity index (χ3v) is 8.39. The molecule has 2 aromatic carbocycles. The van der Waals surface area contributed by atoms with Crippen molar-refractivity contribution in [3.8, 4) is 28.7 Å². The van der Waals surface area contributed by atoms with E-state index in [4.69, 9.17) is 29.9 Å². The molecular weight excluding hydrogens is 709 g/mol. The number of phosphoric acid groups is 1. The standard InChI is InChI=1S/C32H31ClF4N5O7P/c1-5-6-11-46-50(45,49-31(2,3)4)47-19-42-29(43)26(21-7-9-23(34)10-8-21)15-24(40-42)17-41-18-39-28(32(35,36)37)27(30(41)44)48-25-13-20(16-38)12-22(33)14-25/h7-10,12-15,18H,5-6,11,17,19H2,1-4H3. The molecule has 0 aliphatic rings. The minimum absolute atomic E-state index is 0.0221. The number of unbranched alkanes of at least 4 members (excludes halogenated alkanes) is 1. The van der Waals surface area contributed by atoms with Gasteiger partial charge in [0.15, 0.2) is 12.4 Å². The van der Waals surface area contributed by atoms with Crippen molar-refractivity contribution < 1.29 is 40.4 Å². The van der Waals surface area contributed by atoms with E-state index in [9.17, 15) is 37.0 Å². The van der Waals surface area contributed by atoms with Gasteiger partial charge in [0.25, 0.3) is 11.1 Å². The van der Waals surface area contributed by atoms with Crippen molar-refractivity contribution in [2.75, 3.05) is 6.61 Å². The average molecular weight is 740 g/mol. The number of alkyl halides is 3. The normalized spacial score (nSPS) is 13.1. The summed E-state index contributed by atoms with van der Waals surface area (Å²) in [5, 5.41) is 13.4. The maximum absolute atomic E-state index is 14.0. The number of phosphoric ester groups is 1. The summed E-state index contributed by atoms with van der Waals surface area (Å²) in [5.74, 6) is -2.14. The van der Waals surface area contributed by atoms with Gasteiger partial charge in [0.05, 0.1) is 48.0 Å². The molecule has 4 aromatic rings. The van der Waals surface area contributed by atoms with E-state index >= 15 is 0 Å². The van der Waals surface area contributed by atoms with E-state index in [1.165, 1.54) is 24.3 Å². The molecule has 0 fully saturated rings. The largest absolute Gasteiger partial charge is 0.477 e. The fourth-order valence-corrected chi connectivity index (χ4v) is 6.00. The van der Waals surface area contributed by atoms with Gasteiger partial charge in [-0.1, -0.05) is 37.1 Å². The summed E-state index contributed by atoms with van der Waals surface area (Å²) in [5.41, 5.74) is -4.67. The number of aromatic nitrogens is 4. The first-order valence-corrected chi connectivity index (χ1v) is 16.8. The van der Waals surface area contributed by atoms with Crippen LogP contribution in [0, 0.1) is 17.1 Å². The number of nitriles is 1. The molecule has 0 aliphatic carbocycles. The van der Waals surface area contributed by atoms with Crippen molar-refractivity contribution in [3.63, 3.8) is 0 Å². The lowest BCUT2D eigenvalue weighted by Gasteiger charge is -2.26. The number of benzene rings is 2. The monoisotopic (exact) mass is 739 g/mol. The summed E-state index contributed by atoms with van der Waals surface area (Å²) in [6, 6.07) is 11.3. The van der Waals surface area contributed by atoms with Gasteiger partial charge in [-0.25, -0.2) is 18.6 Å². The van der Waals surface area contributed by atoms with Gasteiger partial charge >= 0.3 is 14.0 Å². The van der Waals surface area contributed by atoms with E-state index in [0.717, 1.165) is 33.5 Å². The average Bonchev–Trinajstić information content (AvgIpc) is 3.02. The molecule has 18 heteroatoms. The third-order valence-electron chi connectivity index (χ3n) is 6.47. The number of hydrogen-bond acceptors (Lipinski definition) is 10. The second kappa shape index (κ2) is 15.7. The van der Waals surface area contributed by atoms with Crippen molar-refractivity contribution >= 4 is 19.4 Å². The van der Waals surface area contributed by atoms with Crippen LogP contribution >= 0.6 is 19.4 Å². The molecule has 2 heterocycles. The van der Waals surface area contributed by atoms with E-state index in [1.807, 2.05) is 6.92 Å². The Morgan fingerprint density at radius 1 is 1.02 bits per heavy atom. The Morgan fingerprint density at radius 2 is 1.72 bits per heavy atom. The van der Waals surface area contributed by atoms with Crippen molar-refractivity contribution in [1.82, 2.24) is 19.3 Å². The zero-order chi connectivity index (χ0) is 36.9. The molecule has 0 N–H and O–H groups in total. The molecule has 50 heavy (non-hydrogen) atoms. The molecule has 1 unspecified atom stereocenters. The van der Waals surface area contributed by atoms with E-state index in [2.05, 4.69) is 10.1 Å². The number of nitrogens with zero attached hydrogens (tertiary/aromatic N) is 5. The summed E-state index contributed by atoms with van der Waals surface area (Å²) < 4.78 is 92.5. The van der Waals surface area contributed by atoms with Crippen LogP contribution in [0.15, 0.2) is 64.4 Å². The summed E-state index contributed by atoms with van der Waals surface area (Å²) >= 11 is 5.97. The predicted molar refractivity (Wildman–Crippen MR) is 173 cm³/mol. The fourth-order valence-electron chi connectivity index (χ4n) is 4.32.